The van der Waals surface area contributed by atoms with Crippen LogP contribution < -0.4 is 10.6 Å². The molecule has 5 rings (SSSR count). The smallest absolute Gasteiger partial charge is 0.252 e. The van der Waals surface area contributed by atoms with E-state index in [1.54, 1.807) is 0 Å². The van der Waals surface area contributed by atoms with Gasteiger partial charge < -0.3 is 10.6 Å². The number of benzene rings is 2. The van der Waals surface area contributed by atoms with Gasteiger partial charge in [-0.15, -0.1) is 0 Å². The summed E-state index contributed by atoms with van der Waals surface area (Å²) in [5.74, 6) is 0.848. The van der Waals surface area contributed by atoms with Crippen LogP contribution in [0.4, 0.5) is 0 Å². The normalized spacial score (nSPS) is 25.7. The molecular formula is C23H28N2O. The van der Waals surface area contributed by atoms with Crippen LogP contribution in [0.25, 0.3) is 0 Å². The van der Waals surface area contributed by atoms with E-state index < -0.39 is 0 Å². The molecule has 2 heterocycles. The number of carbonyl (C=O) groups is 1. The van der Waals surface area contributed by atoms with Crippen molar-refractivity contribution in [1.29, 1.82) is 0 Å². The molecule has 3 nitrogen and oxygen atoms in total. The number of nitrogens with one attached hydrogen (secondary N) is 2. The molecule has 26 heavy (non-hydrogen) atoms. The monoisotopic (exact) mass is 348 g/mol. The average Bonchev–Trinajstić information content (AvgIpc) is 2.68. The predicted molar refractivity (Wildman–Crippen MR) is 105 cm³/mol. The van der Waals surface area contributed by atoms with Crippen LogP contribution in [0.2, 0.25) is 0 Å². The molecule has 1 atom stereocenters. The van der Waals surface area contributed by atoms with Crippen LogP contribution in [0.5, 0.6) is 0 Å². The zero-order chi connectivity index (χ0) is 18.1. The first-order valence-electron chi connectivity index (χ1n) is 9.76. The van der Waals surface area contributed by atoms with Gasteiger partial charge in [-0.1, -0.05) is 48.5 Å². The Kier molecular flexibility index (Phi) is 4.58. The Morgan fingerprint density at radius 3 is 2.27 bits per heavy atom. The summed E-state index contributed by atoms with van der Waals surface area (Å²) in [7, 11) is 0. The summed E-state index contributed by atoms with van der Waals surface area (Å²) in [6, 6.07) is 16.5. The van der Waals surface area contributed by atoms with Gasteiger partial charge in [0.05, 0.1) is 6.04 Å². The molecule has 1 unspecified atom stereocenters. The minimum Gasteiger partial charge on any atom is -0.343 e. The third-order valence-corrected chi connectivity index (χ3v) is 6.41. The molecule has 3 fully saturated rings. The third-order valence-electron chi connectivity index (χ3n) is 6.41. The van der Waals surface area contributed by atoms with E-state index in [9.17, 15) is 4.79 Å². The number of fused-ring (bicyclic) bond motifs is 3. The van der Waals surface area contributed by atoms with Crippen molar-refractivity contribution in [3.05, 3.63) is 70.8 Å². The van der Waals surface area contributed by atoms with Crippen molar-refractivity contribution in [3.8, 4) is 0 Å². The molecule has 2 N–H and O–H groups in total. The fourth-order valence-corrected chi connectivity index (χ4v) is 4.87. The Labute approximate surface area is 156 Å². The second-order valence-electron chi connectivity index (χ2n) is 8.06. The Balaban J connectivity index is 1.69. The summed E-state index contributed by atoms with van der Waals surface area (Å²) in [4.78, 5) is 13.2. The number of hydrogen-bond acceptors (Lipinski definition) is 2. The molecule has 3 aliphatic rings. The lowest BCUT2D eigenvalue weighted by atomic mass is 9.67. The van der Waals surface area contributed by atoms with Crippen molar-refractivity contribution in [2.45, 2.75) is 51.1 Å². The van der Waals surface area contributed by atoms with Gasteiger partial charge in [-0.05, 0) is 68.7 Å². The molecule has 2 aromatic rings. The first kappa shape index (κ1) is 17.3. The number of hydrogen-bond donors (Lipinski definition) is 2. The van der Waals surface area contributed by atoms with Crippen LogP contribution in [-0.2, 0) is 0 Å². The van der Waals surface area contributed by atoms with E-state index in [2.05, 4.69) is 34.9 Å². The minimum absolute atomic E-state index is 0.00328. The summed E-state index contributed by atoms with van der Waals surface area (Å²) in [5, 5.41) is 7.22. The molecule has 1 saturated carbocycles. The van der Waals surface area contributed by atoms with E-state index in [-0.39, 0.29) is 17.5 Å². The lowest BCUT2D eigenvalue weighted by molar-refractivity contribution is 0.0675. The highest BCUT2D eigenvalue weighted by molar-refractivity contribution is 5.97. The van der Waals surface area contributed by atoms with E-state index in [4.69, 9.17) is 0 Å². The topological polar surface area (TPSA) is 41.1 Å². The van der Waals surface area contributed by atoms with Gasteiger partial charge in [0.2, 0.25) is 0 Å². The van der Waals surface area contributed by atoms with E-state index >= 15 is 0 Å². The lowest BCUT2D eigenvalue weighted by Gasteiger charge is -2.52. The van der Waals surface area contributed by atoms with Crippen molar-refractivity contribution in [2.75, 3.05) is 6.54 Å². The van der Waals surface area contributed by atoms with Gasteiger partial charge in [0.1, 0.15) is 0 Å². The molecule has 1 aliphatic carbocycles. The molecule has 0 aromatic heterocycles. The van der Waals surface area contributed by atoms with E-state index in [0.29, 0.717) is 0 Å². The van der Waals surface area contributed by atoms with Gasteiger partial charge >= 0.3 is 0 Å². The quantitative estimate of drug-likeness (QED) is 0.864. The van der Waals surface area contributed by atoms with Crippen molar-refractivity contribution in [1.82, 2.24) is 10.6 Å². The van der Waals surface area contributed by atoms with Gasteiger partial charge in [-0.3, -0.25) is 4.79 Å². The fraction of sp³-hybridized carbons (Fsp3) is 0.435. The number of amides is 1. The van der Waals surface area contributed by atoms with E-state index in [0.717, 1.165) is 42.0 Å². The highest BCUT2D eigenvalue weighted by atomic mass is 16.1. The highest BCUT2D eigenvalue weighted by Gasteiger charge is 2.46. The van der Waals surface area contributed by atoms with Crippen molar-refractivity contribution < 1.29 is 4.79 Å². The first-order valence-corrected chi connectivity index (χ1v) is 9.76. The predicted octanol–water partition coefficient (Wildman–Crippen LogP) is 4.31. The third kappa shape index (κ3) is 3.05. The molecular weight excluding hydrogens is 320 g/mol. The number of piperidine rings is 2. The zero-order valence-electron chi connectivity index (χ0n) is 15.7. The van der Waals surface area contributed by atoms with Gasteiger partial charge in [0.25, 0.3) is 5.91 Å². The molecule has 2 bridgehead atoms. The Morgan fingerprint density at radius 2 is 1.69 bits per heavy atom. The van der Waals surface area contributed by atoms with Crippen LogP contribution in [0.15, 0.2) is 48.5 Å². The maximum Gasteiger partial charge on any atom is 0.252 e. The van der Waals surface area contributed by atoms with Gasteiger partial charge in [0.15, 0.2) is 0 Å². The number of carbonyl (C=O) groups excluding carboxylic acids is 1. The molecule has 3 heteroatoms. The standard InChI is InChI=1S/C23H28N2O/c1-16-7-6-8-17(2)20(16)22(26)25-21(19-9-4-3-5-10-19)23-13-11-18(12-14-23)15-24-23/h3-10,18,21,24H,11-15H2,1-2H3,(H,25,26). The summed E-state index contributed by atoms with van der Waals surface area (Å²) in [5.41, 5.74) is 4.05. The van der Waals surface area contributed by atoms with Crippen LogP contribution >= 0.6 is 0 Å². The van der Waals surface area contributed by atoms with Crippen LogP contribution in [-0.4, -0.2) is 18.0 Å². The summed E-state index contributed by atoms with van der Waals surface area (Å²) in [6.07, 6.45) is 4.78. The maximum atomic E-state index is 13.2. The first-order chi connectivity index (χ1) is 12.6. The SMILES string of the molecule is Cc1cccc(C)c1C(=O)NC(c1ccccc1)C12CCC(CC1)CN2. The molecule has 2 saturated heterocycles. The Bertz CT molecular complexity index is 757. The van der Waals surface area contributed by atoms with Crippen LogP contribution in [0.3, 0.4) is 0 Å². The zero-order valence-corrected chi connectivity index (χ0v) is 15.7. The second kappa shape index (κ2) is 6.88. The van der Waals surface area contributed by atoms with E-state index in [1.807, 2.05) is 38.1 Å². The minimum atomic E-state index is -0.0254. The molecule has 1 amide bonds. The Hall–Kier alpha value is -2.13. The average molecular weight is 348 g/mol. The van der Waals surface area contributed by atoms with Crippen LogP contribution in [0.1, 0.15) is 58.8 Å². The summed E-state index contributed by atoms with van der Waals surface area (Å²) >= 11 is 0. The fourth-order valence-electron chi connectivity index (χ4n) is 4.87. The largest absolute Gasteiger partial charge is 0.343 e. The number of aryl methyl sites for hydroxylation is 2. The van der Waals surface area contributed by atoms with E-state index in [1.165, 1.54) is 18.4 Å². The molecule has 2 aliphatic heterocycles. The molecule has 0 spiro atoms. The molecule has 2 aromatic carbocycles. The van der Waals surface area contributed by atoms with Crippen LogP contribution in [0, 0.1) is 19.8 Å². The molecule has 136 valence electrons. The summed E-state index contributed by atoms with van der Waals surface area (Å²) < 4.78 is 0. The van der Waals surface area contributed by atoms with Crippen molar-refractivity contribution in [3.63, 3.8) is 0 Å². The van der Waals surface area contributed by atoms with Crippen molar-refractivity contribution in [2.24, 2.45) is 5.92 Å². The molecule has 0 radical (unpaired) electrons. The van der Waals surface area contributed by atoms with Crippen molar-refractivity contribution >= 4 is 5.91 Å². The highest BCUT2D eigenvalue weighted by Crippen LogP contribution is 2.44. The lowest BCUT2D eigenvalue weighted by Crippen LogP contribution is -2.62. The van der Waals surface area contributed by atoms with Gasteiger partial charge in [0, 0.05) is 11.1 Å². The van der Waals surface area contributed by atoms with Gasteiger partial charge in [-0.2, -0.15) is 0 Å². The Morgan fingerprint density at radius 1 is 1.04 bits per heavy atom. The number of rotatable bonds is 4. The van der Waals surface area contributed by atoms with Gasteiger partial charge in [-0.25, -0.2) is 0 Å². The maximum absolute atomic E-state index is 13.2. The second-order valence-corrected chi connectivity index (χ2v) is 8.06. The summed E-state index contributed by atoms with van der Waals surface area (Å²) in [6.45, 7) is 5.10.